The highest BCUT2D eigenvalue weighted by Gasteiger charge is 2.19. The van der Waals surface area contributed by atoms with Gasteiger partial charge < -0.3 is 9.47 Å². The summed E-state index contributed by atoms with van der Waals surface area (Å²) in [5.41, 5.74) is 0.231. The van der Waals surface area contributed by atoms with Gasteiger partial charge in [0.25, 0.3) is 0 Å². The third kappa shape index (κ3) is 2.79. The molecule has 0 aliphatic carbocycles. The van der Waals surface area contributed by atoms with Crippen molar-refractivity contribution in [3.05, 3.63) is 17.7 Å². The molecule has 0 aliphatic heterocycles. The van der Waals surface area contributed by atoms with E-state index in [1.807, 2.05) is 6.26 Å². The van der Waals surface area contributed by atoms with Crippen molar-refractivity contribution in [2.24, 2.45) is 0 Å². The summed E-state index contributed by atoms with van der Waals surface area (Å²) >= 11 is 1.48. The summed E-state index contributed by atoms with van der Waals surface area (Å²) in [7, 11) is 2.98. The Morgan fingerprint density at radius 1 is 1.12 bits per heavy atom. The standard InChI is InChI=1S/C12H14O4S/c1-7(13)12(14)8-5-10(16-3)11(17-4)6-9(8)15-2/h5-6H,1-4H3. The molecule has 0 bridgehead atoms. The quantitative estimate of drug-likeness (QED) is 0.458. The number of ketones is 2. The van der Waals surface area contributed by atoms with Crippen LogP contribution in [0.1, 0.15) is 17.3 Å². The number of hydrogen-bond acceptors (Lipinski definition) is 5. The van der Waals surface area contributed by atoms with Crippen molar-refractivity contribution in [3.8, 4) is 11.5 Å². The second-order valence-electron chi connectivity index (χ2n) is 3.29. The Hall–Kier alpha value is -1.49. The van der Waals surface area contributed by atoms with Crippen molar-refractivity contribution in [1.82, 2.24) is 0 Å². The lowest BCUT2D eigenvalue weighted by molar-refractivity contribution is -0.113. The summed E-state index contributed by atoms with van der Waals surface area (Å²) < 4.78 is 10.3. The maximum absolute atomic E-state index is 11.7. The SMILES string of the molecule is COc1cc(C(=O)C(C)=O)c(OC)cc1SC. The first-order valence-corrected chi connectivity index (χ1v) is 6.12. The third-order valence-electron chi connectivity index (χ3n) is 2.27. The second-order valence-corrected chi connectivity index (χ2v) is 4.14. The molecule has 0 aliphatic rings. The van der Waals surface area contributed by atoms with Crippen molar-refractivity contribution in [1.29, 1.82) is 0 Å². The first-order chi connectivity index (χ1) is 8.04. The average Bonchev–Trinajstić information content (AvgIpc) is 2.35. The largest absolute Gasteiger partial charge is 0.496 e. The number of benzene rings is 1. The smallest absolute Gasteiger partial charge is 0.232 e. The number of carbonyl (C=O) groups is 2. The predicted octanol–water partition coefficient (Wildman–Crippen LogP) is 2.20. The van der Waals surface area contributed by atoms with Crippen LogP contribution in [0, 0.1) is 0 Å². The fraction of sp³-hybridized carbons (Fsp3) is 0.333. The Morgan fingerprint density at radius 3 is 2.12 bits per heavy atom. The number of hydrogen-bond donors (Lipinski definition) is 0. The van der Waals surface area contributed by atoms with Gasteiger partial charge in [-0.05, 0) is 18.4 Å². The van der Waals surface area contributed by atoms with Gasteiger partial charge in [-0.15, -0.1) is 11.8 Å². The van der Waals surface area contributed by atoms with E-state index in [0.29, 0.717) is 11.5 Å². The van der Waals surface area contributed by atoms with E-state index in [9.17, 15) is 9.59 Å². The summed E-state index contributed by atoms with van der Waals surface area (Å²) in [6.07, 6.45) is 1.89. The lowest BCUT2D eigenvalue weighted by Gasteiger charge is -2.12. The van der Waals surface area contributed by atoms with E-state index in [0.717, 1.165) is 4.90 Å². The van der Waals surface area contributed by atoms with Crippen LogP contribution < -0.4 is 9.47 Å². The maximum atomic E-state index is 11.7. The molecule has 0 saturated carbocycles. The minimum atomic E-state index is -0.576. The normalized spacial score (nSPS) is 9.88. The number of Topliss-reactive ketones (excluding diaryl/α,β-unsaturated/α-hetero) is 2. The molecule has 0 radical (unpaired) electrons. The van der Waals surface area contributed by atoms with Crippen molar-refractivity contribution >= 4 is 23.3 Å². The predicted molar refractivity (Wildman–Crippen MR) is 66.3 cm³/mol. The summed E-state index contributed by atoms with van der Waals surface area (Å²) in [5, 5.41) is 0. The van der Waals surface area contributed by atoms with Crippen LogP contribution in [0.3, 0.4) is 0 Å². The number of methoxy groups -OCH3 is 2. The van der Waals surface area contributed by atoms with Gasteiger partial charge in [0.1, 0.15) is 11.5 Å². The van der Waals surface area contributed by atoms with E-state index in [1.165, 1.54) is 39.0 Å². The Balaban J connectivity index is 3.38. The third-order valence-corrected chi connectivity index (χ3v) is 3.03. The molecule has 92 valence electrons. The highest BCUT2D eigenvalue weighted by atomic mass is 32.2. The molecule has 0 aromatic heterocycles. The molecule has 0 atom stereocenters. The number of carbonyl (C=O) groups excluding carboxylic acids is 2. The molecular formula is C12H14O4S. The molecule has 4 nitrogen and oxygen atoms in total. The van der Waals surface area contributed by atoms with Crippen LogP contribution in [-0.4, -0.2) is 32.0 Å². The van der Waals surface area contributed by atoms with E-state index in [4.69, 9.17) is 9.47 Å². The zero-order chi connectivity index (χ0) is 13.0. The van der Waals surface area contributed by atoms with E-state index in [2.05, 4.69) is 0 Å². The van der Waals surface area contributed by atoms with Crippen LogP contribution in [0.4, 0.5) is 0 Å². The second kappa shape index (κ2) is 5.72. The monoisotopic (exact) mass is 254 g/mol. The van der Waals surface area contributed by atoms with Gasteiger partial charge in [0, 0.05) is 6.92 Å². The highest BCUT2D eigenvalue weighted by Crippen LogP contribution is 2.34. The van der Waals surface area contributed by atoms with Crippen molar-refractivity contribution in [2.45, 2.75) is 11.8 Å². The molecule has 0 amide bonds. The molecule has 0 N–H and O–H groups in total. The van der Waals surface area contributed by atoms with E-state index < -0.39 is 11.6 Å². The molecule has 0 saturated heterocycles. The van der Waals surface area contributed by atoms with Gasteiger partial charge in [0.05, 0.1) is 24.7 Å². The molecule has 0 unspecified atom stereocenters. The fourth-order valence-corrected chi connectivity index (χ4v) is 1.96. The van der Waals surface area contributed by atoms with E-state index >= 15 is 0 Å². The van der Waals surface area contributed by atoms with Crippen LogP contribution >= 0.6 is 11.8 Å². The van der Waals surface area contributed by atoms with Crippen LogP contribution in [0.2, 0.25) is 0 Å². The maximum Gasteiger partial charge on any atom is 0.232 e. The Kier molecular flexibility index (Phi) is 4.57. The first kappa shape index (κ1) is 13.6. The lowest BCUT2D eigenvalue weighted by atomic mass is 10.1. The average molecular weight is 254 g/mol. The summed E-state index contributed by atoms with van der Waals surface area (Å²) in [4.78, 5) is 23.7. The summed E-state index contributed by atoms with van der Waals surface area (Å²) in [6, 6.07) is 3.23. The highest BCUT2D eigenvalue weighted by molar-refractivity contribution is 7.98. The molecule has 0 spiro atoms. The molecule has 1 aromatic rings. The van der Waals surface area contributed by atoms with Gasteiger partial charge in [-0.3, -0.25) is 9.59 Å². The number of thioether (sulfide) groups is 1. The van der Waals surface area contributed by atoms with Crippen molar-refractivity contribution in [2.75, 3.05) is 20.5 Å². The van der Waals surface area contributed by atoms with E-state index in [-0.39, 0.29) is 5.56 Å². The molecular weight excluding hydrogens is 240 g/mol. The zero-order valence-corrected chi connectivity index (χ0v) is 11.0. The zero-order valence-electron chi connectivity index (χ0n) is 10.2. The minimum Gasteiger partial charge on any atom is -0.496 e. The molecule has 0 fully saturated rings. The van der Waals surface area contributed by atoms with Gasteiger partial charge in [0.15, 0.2) is 5.78 Å². The van der Waals surface area contributed by atoms with E-state index in [1.54, 1.807) is 6.07 Å². The topological polar surface area (TPSA) is 52.6 Å². The molecule has 1 aromatic carbocycles. The van der Waals surface area contributed by atoms with Crippen molar-refractivity contribution < 1.29 is 19.1 Å². The Morgan fingerprint density at radius 2 is 1.71 bits per heavy atom. The number of ether oxygens (including phenoxy) is 2. The molecule has 0 heterocycles. The number of rotatable bonds is 5. The van der Waals surface area contributed by atoms with Gasteiger partial charge in [-0.2, -0.15) is 0 Å². The fourth-order valence-electron chi connectivity index (χ4n) is 1.40. The summed E-state index contributed by atoms with van der Waals surface area (Å²) in [5.74, 6) is -0.159. The van der Waals surface area contributed by atoms with Gasteiger partial charge in [0.2, 0.25) is 5.78 Å². The van der Waals surface area contributed by atoms with Crippen LogP contribution in [0.25, 0.3) is 0 Å². The van der Waals surface area contributed by atoms with Gasteiger partial charge in [-0.25, -0.2) is 0 Å². The Labute approximate surface area is 104 Å². The minimum absolute atomic E-state index is 0.231. The first-order valence-electron chi connectivity index (χ1n) is 4.90. The molecule has 17 heavy (non-hydrogen) atoms. The van der Waals surface area contributed by atoms with Crippen LogP contribution in [0.5, 0.6) is 11.5 Å². The van der Waals surface area contributed by atoms with Gasteiger partial charge in [-0.1, -0.05) is 0 Å². The lowest BCUT2D eigenvalue weighted by Crippen LogP contribution is -2.11. The molecule has 1 rings (SSSR count). The molecule has 5 heteroatoms. The Bertz CT molecular complexity index is 454. The van der Waals surface area contributed by atoms with Crippen LogP contribution in [0.15, 0.2) is 17.0 Å². The summed E-state index contributed by atoms with van der Waals surface area (Å²) in [6.45, 7) is 1.23. The van der Waals surface area contributed by atoms with Crippen molar-refractivity contribution in [3.63, 3.8) is 0 Å². The van der Waals surface area contributed by atoms with Gasteiger partial charge >= 0.3 is 0 Å². The van der Waals surface area contributed by atoms with Crippen LogP contribution in [-0.2, 0) is 4.79 Å².